The number of aromatic nitrogens is 14. The number of nitrogens with zero attached hydrogens (tertiary/aromatic N) is 20. The van der Waals surface area contributed by atoms with Crippen molar-refractivity contribution >= 4 is 77.2 Å². The van der Waals surface area contributed by atoms with Crippen LogP contribution in [-0.4, -0.2) is 209 Å². The highest BCUT2D eigenvalue weighted by atomic mass is 35.5. The number of likely N-dealkylation sites (tertiary alicyclic amines) is 3. The summed E-state index contributed by atoms with van der Waals surface area (Å²) in [6, 6.07) is 6.03. The van der Waals surface area contributed by atoms with Crippen molar-refractivity contribution < 1.29 is 111 Å². The Morgan fingerprint density at radius 2 is 0.636 bits per heavy atom. The zero-order valence-corrected chi connectivity index (χ0v) is 81.6. The molecule has 9 aromatic rings. The van der Waals surface area contributed by atoms with Crippen molar-refractivity contribution in [2.45, 2.75) is 313 Å². The molecule has 6 aromatic heterocycles. The molecule has 32 nitrogen and oxygen atoms in total. The van der Waals surface area contributed by atoms with E-state index in [1.807, 2.05) is 70.4 Å². The second kappa shape index (κ2) is 47.1. The van der Waals surface area contributed by atoms with E-state index >= 15 is 0 Å². The highest BCUT2D eigenvalue weighted by molar-refractivity contribution is 6.34. The molecule has 9 atom stereocenters. The molecule has 0 bridgehead atoms. The summed E-state index contributed by atoms with van der Waals surface area (Å²) in [4.78, 5) is 113. The van der Waals surface area contributed by atoms with Gasteiger partial charge in [-0.1, -0.05) is 64.7 Å². The number of anilines is 3. The van der Waals surface area contributed by atoms with Gasteiger partial charge in [-0.3, -0.25) is 23.7 Å². The van der Waals surface area contributed by atoms with Crippen LogP contribution < -0.4 is 14.7 Å². The Morgan fingerprint density at radius 3 is 0.867 bits per heavy atom. The molecule has 3 N–H and O–H groups in total. The van der Waals surface area contributed by atoms with Crippen LogP contribution in [0.25, 0.3) is 27.9 Å². The molecule has 3 saturated heterocycles. The first kappa shape index (κ1) is 108. The zero-order chi connectivity index (χ0) is 103. The lowest BCUT2D eigenvalue weighted by molar-refractivity contribution is -0.144. The predicted octanol–water partition coefficient (Wildman–Crippen LogP) is 21.0. The lowest BCUT2D eigenvalue weighted by Crippen LogP contribution is -2.57. The largest absolute Gasteiger partial charge is 0.481 e. The summed E-state index contributed by atoms with van der Waals surface area (Å²) in [6.45, 7) is 11.5. The number of aliphatic carboxylic acids is 3. The fourth-order valence-corrected chi connectivity index (χ4v) is 20.9. The number of rotatable bonds is 27. The third-order valence-corrected chi connectivity index (χ3v) is 28.4. The summed E-state index contributed by atoms with van der Waals surface area (Å²) in [7, 11) is 3.61. The Balaban J connectivity index is 0.000000180. The van der Waals surface area contributed by atoms with E-state index in [-0.39, 0.29) is 109 Å². The van der Waals surface area contributed by atoms with Crippen LogP contribution in [0.1, 0.15) is 235 Å². The van der Waals surface area contributed by atoms with Crippen LogP contribution in [0.5, 0.6) is 0 Å². The van der Waals surface area contributed by atoms with E-state index in [2.05, 4.69) is 64.4 Å². The number of piperidine rings is 3. The summed E-state index contributed by atoms with van der Waals surface area (Å²) in [6.07, 6.45) is 7.11. The molecule has 143 heavy (non-hydrogen) atoms. The first-order valence-electron chi connectivity index (χ1n) is 48.0. The molecule has 6 fully saturated rings. The van der Waals surface area contributed by atoms with Gasteiger partial charge in [-0.25, -0.2) is 44.3 Å². The van der Waals surface area contributed by atoms with Crippen LogP contribution in [0, 0.1) is 17.8 Å². The summed E-state index contributed by atoms with van der Waals surface area (Å²) in [5, 5.41) is 48.4. The minimum absolute atomic E-state index is 0.0401. The molecule has 3 saturated carbocycles. The van der Waals surface area contributed by atoms with E-state index < -0.39 is 113 Å². The average molecular weight is 2050 g/mol. The van der Waals surface area contributed by atoms with Gasteiger partial charge in [0.05, 0.1) is 64.8 Å². The third kappa shape index (κ3) is 27.6. The van der Waals surface area contributed by atoms with Gasteiger partial charge in [-0.2, -0.15) is 67.6 Å². The molecule has 774 valence electrons. The third-order valence-electron chi connectivity index (χ3n) is 27.9. The topological polar surface area (TPSA) is 367 Å². The molecule has 46 heteroatoms. The van der Waals surface area contributed by atoms with Crippen LogP contribution in [0.2, 0.25) is 10.0 Å². The first-order valence-corrected chi connectivity index (χ1v) is 48.8. The Hall–Kier alpha value is -12.3. The van der Waals surface area contributed by atoms with Gasteiger partial charge in [-0.15, -0.1) is 5.10 Å². The van der Waals surface area contributed by atoms with Crippen LogP contribution in [0.3, 0.4) is 0 Å². The van der Waals surface area contributed by atoms with E-state index in [1.165, 1.54) is 35.8 Å². The van der Waals surface area contributed by atoms with Gasteiger partial charge >= 0.3 is 60.9 Å². The molecular formula is C97H116Cl2F12N20O12. The molecule has 3 aromatic carbocycles. The van der Waals surface area contributed by atoms with Crippen LogP contribution in [0.4, 0.5) is 84.9 Å². The number of aryl methyl sites for hydroxylation is 2. The first-order chi connectivity index (χ1) is 67.9. The number of tetrazole rings is 1. The van der Waals surface area contributed by atoms with Crippen molar-refractivity contribution in [1.82, 2.24) is 84.4 Å². The number of carbonyl (C=O) groups excluding carboxylic acids is 3. The molecule has 3 unspecified atom stereocenters. The maximum atomic E-state index is 13.8. The van der Waals surface area contributed by atoms with Crippen molar-refractivity contribution in [3.8, 4) is 27.9 Å². The van der Waals surface area contributed by atoms with Crippen molar-refractivity contribution in [2.24, 2.45) is 31.8 Å². The Labute approximate surface area is 827 Å². The van der Waals surface area contributed by atoms with Crippen LogP contribution >= 0.6 is 23.2 Å². The lowest BCUT2D eigenvalue weighted by Gasteiger charge is -2.47. The molecule has 9 heterocycles. The maximum absolute atomic E-state index is 13.8. The highest BCUT2D eigenvalue weighted by Gasteiger charge is 2.48. The van der Waals surface area contributed by atoms with Gasteiger partial charge in [0.15, 0.2) is 0 Å². The number of hydrogen-bond donors (Lipinski definition) is 3. The Bertz CT molecular complexity index is 5640. The van der Waals surface area contributed by atoms with Crippen LogP contribution in [-0.2, 0) is 87.0 Å². The minimum atomic E-state index is -5.02. The Morgan fingerprint density at radius 1 is 0.371 bits per heavy atom. The van der Waals surface area contributed by atoms with Crippen molar-refractivity contribution in [2.75, 3.05) is 14.7 Å². The molecular weight excluding hydrogens is 1940 g/mol. The SMILES string of the molecule is CC[C@@H]1CC(N(Cc2cc(C(F)(F)F)cc(C(F)(F)F)c2)c2ncc(-c3cnn(C)c3)cn2)C[C@H](CC)N1C(=O)OC1CCC(C(=O)O)CC1.CC[C@@H]1CC(N(Cc2cc(C(F)(F)F)cc(C(F)(F)F)c2)c2ncc(-n3cnnn3)cn2)C[C@H](CC)N1C(=O)OC1CCC(C(=O)O)CC1.CC[C@@H]1CC(N(Cc2cc(Cl)cc(Cl)c2)c2ncc(-c3cnn(C)c3)cn2)C[C@H](CC)N1C(=O)OC1CCC(C(=O)O)CC1. The standard InChI is InChI=1S/C34H40F6N6O4.C32H40Cl2N6O4.C31H36F6N8O4/c1-4-26-13-28(14-27(5-2)46(26)32(49)50-29-8-6-21(7-9-29)30(47)48)45(31-41-15-22(16-42-31)23-17-43-44(3)19-23)18-20-10-24(33(35,36)37)12-25(11-20)34(38,39)40;1-4-26-13-28(14-27(5-2)40(26)32(43)44-29-8-6-21(7-9-29)30(41)42)39(18-20-10-24(33)12-25(34)11-20)31-35-15-22(16-36-31)23-17-37-38(3)19-23;1-3-22-12-24(13-23(4-2)45(22)29(48)49-26-7-5-19(6-8-26)27(46)47)43(28-38-14-25(15-39-28)44-17-40-41-42-44)16-18-9-20(30(32,33)34)11-21(10-18)31(35,36)37/h10-12,15-17,19,21,26-29H,4-9,13-14,18H2,1-3H3,(H,47,48);10-12,15-17,19,21,26-29H,4-9,13-14,18H2,1-3H3,(H,41,42);9-11,14-15,17,19,22-24,26H,3-8,12-13,16H2,1-2H3,(H,46,47)/t2*21?,26-,27+,28?,29?;19?,22-,23+,24?,26?. The van der Waals surface area contributed by atoms with Crippen molar-refractivity contribution in [3.05, 3.63) is 172 Å². The smallest absolute Gasteiger partial charge is 0.416 e. The number of benzene rings is 3. The second-order valence-electron chi connectivity index (χ2n) is 37.4. The Kier molecular flexibility index (Phi) is 35.6. The van der Waals surface area contributed by atoms with Gasteiger partial charge in [0, 0.05) is 158 Å². The van der Waals surface area contributed by atoms with Gasteiger partial charge in [0.1, 0.15) is 30.3 Å². The number of carboxylic acids is 3. The number of hydrogen-bond acceptors (Lipinski definition) is 23. The number of carbonyl (C=O) groups is 6. The van der Waals surface area contributed by atoms with Gasteiger partial charge in [0.25, 0.3) is 0 Å². The molecule has 3 amide bonds. The molecule has 15 rings (SSSR count). The zero-order valence-electron chi connectivity index (χ0n) is 80.1. The number of ether oxygens (including phenoxy) is 3. The summed E-state index contributed by atoms with van der Waals surface area (Å²) in [5.41, 5.74) is -1.67. The van der Waals surface area contributed by atoms with E-state index in [1.54, 1.807) is 60.7 Å². The second-order valence-corrected chi connectivity index (χ2v) is 38.3. The summed E-state index contributed by atoms with van der Waals surface area (Å²) in [5.74, 6) is -3.04. The maximum Gasteiger partial charge on any atom is 0.416 e. The molecule has 0 radical (unpaired) electrons. The normalized spacial score (nSPS) is 23.3. The molecule has 3 aliphatic heterocycles. The molecule has 3 aliphatic carbocycles. The van der Waals surface area contributed by atoms with Gasteiger partial charge in [0.2, 0.25) is 17.8 Å². The average Bonchev–Trinajstić information content (AvgIpc) is 1.10. The predicted molar refractivity (Wildman–Crippen MR) is 500 cm³/mol. The van der Waals surface area contributed by atoms with E-state index in [0.29, 0.717) is 186 Å². The minimum Gasteiger partial charge on any atom is -0.481 e. The highest BCUT2D eigenvalue weighted by Crippen LogP contribution is 2.45. The van der Waals surface area contributed by atoms with Crippen molar-refractivity contribution in [1.29, 1.82) is 0 Å². The summed E-state index contributed by atoms with van der Waals surface area (Å²) >= 11 is 12.8. The molecule has 6 aliphatic rings. The quantitative estimate of drug-likeness (QED) is 0.0318. The van der Waals surface area contributed by atoms with Crippen molar-refractivity contribution in [3.63, 3.8) is 0 Å². The van der Waals surface area contributed by atoms with Gasteiger partial charge in [-0.05, 0) is 236 Å². The number of halogens is 14. The number of amides is 3. The fourth-order valence-electron chi connectivity index (χ4n) is 20.3. The number of alkyl halides is 12. The van der Waals surface area contributed by atoms with Gasteiger partial charge < -0.3 is 58.9 Å². The van der Waals surface area contributed by atoms with E-state index in [4.69, 9.17) is 47.4 Å². The van der Waals surface area contributed by atoms with Crippen LogP contribution in [0.15, 0.2) is 123 Å². The van der Waals surface area contributed by atoms with E-state index in [9.17, 15) is 96.8 Å². The fraction of sp³-hybridized carbons (Fsp3) is 0.557. The number of carboxylic acid groups (broad SMARTS) is 3. The molecule has 0 spiro atoms. The summed E-state index contributed by atoms with van der Waals surface area (Å²) < 4.78 is 188. The lowest BCUT2D eigenvalue weighted by atomic mass is 9.87. The van der Waals surface area contributed by atoms with E-state index in [0.717, 1.165) is 47.9 Å². The monoisotopic (exact) mass is 2050 g/mol.